The van der Waals surface area contributed by atoms with Crippen molar-refractivity contribution in [3.05, 3.63) is 64.3 Å². The second-order valence-electron chi connectivity index (χ2n) is 5.78. The Morgan fingerprint density at radius 3 is 2.54 bits per heavy atom. The first-order valence-corrected chi connectivity index (χ1v) is 8.54. The van der Waals surface area contributed by atoms with Gasteiger partial charge < -0.3 is 14.8 Å². The minimum absolute atomic E-state index is 0.221. The predicted molar refractivity (Wildman–Crippen MR) is 103 cm³/mol. The number of methoxy groups -OCH3 is 2. The number of rotatable bonds is 6. The highest BCUT2D eigenvalue weighted by molar-refractivity contribution is 6.30. The number of nitrogens with one attached hydrogen (secondary N) is 1. The number of halogens is 1. The SMILES string of the molecule is COc1ccc(OC)c(/C=C2\N=C(CCc3ccc(Cl)cc3)NC2=O)c1. The number of aryl methyl sites for hydroxylation is 1. The Balaban J connectivity index is 1.77. The molecule has 0 aliphatic carbocycles. The van der Waals surface area contributed by atoms with Crippen LogP contribution in [0, 0.1) is 0 Å². The third-order valence-electron chi connectivity index (χ3n) is 4.04. The number of benzene rings is 2. The van der Waals surface area contributed by atoms with Crippen molar-refractivity contribution in [2.75, 3.05) is 14.2 Å². The van der Waals surface area contributed by atoms with E-state index in [4.69, 9.17) is 21.1 Å². The molecule has 0 fully saturated rings. The highest BCUT2D eigenvalue weighted by Crippen LogP contribution is 2.27. The van der Waals surface area contributed by atoms with Crippen LogP contribution in [0.4, 0.5) is 0 Å². The maximum absolute atomic E-state index is 12.2. The Kier molecular flexibility index (Phi) is 5.58. The Hall–Kier alpha value is -2.79. The summed E-state index contributed by atoms with van der Waals surface area (Å²) in [6.45, 7) is 0. The summed E-state index contributed by atoms with van der Waals surface area (Å²) in [4.78, 5) is 16.6. The smallest absolute Gasteiger partial charge is 0.275 e. The van der Waals surface area contributed by atoms with Crippen LogP contribution in [-0.4, -0.2) is 26.0 Å². The van der Waals surface area contributed by atoms with Crippen LogP contribution in [0.3, 0.4) is 0 Å². The Morgan fingerprint density at radius 1 is 1.08 bits per heavy atom. The van der Waals surface area contributed by atoms with Crippen LogP contribution in [0.5, 0.6) is 11.5 Å². The molecular formula is C20H19ClN2O3. The van der Waals surface area contributed by atoms with Gasteiger partial charge in [0.15, 0.2) is 0 Å². The molecule has 0 atom stereocenters. The number of hydrogen-bond acceptors (Lipinski definition) is 4. The van der Waals surface area contributed by atoms with E-state index in [-0.39, 0.29) is 5.91 Å². The van der Waals surface area contributed by atoms with Gasteiger partial charge in [-0.2, -0.15) is 0 Å². The maximum atomic E-state index is 12.2. The van der Waals surface area contributed by atoms with E-state index in [0.717, 1.165) is 17.5 Å². The van der Waals surface area contributed by atoms with Crippen molar-refractivity contribution in [1.29, 1.82) is 0 Å². The van der Waals surface area contributed by atoms with Gasteiger partial charge in [0.1, 0.15) is 23.0 Å². The zero-order valence-corrected chi connectivity index (χ0v) is 15.3. The van der Waals surface area contributed by atoms with E-state index in [1.165, 1.54) is 0 Å². The molecule has 1 aliphatic heterocycles. The van der Waals surface area contributed by atoms with Gasteiger partial charge in [-0.3, -0.25) is 4.79 Å². The second-order valence-corrected chi connectivity index (χ2v) is 6.21. The van der Waals surface area contributed by atoms with Crippen molar-refractivity contribution >= 4 is 29.4 Å². The van der Waals surface area contributed by atoms with Gasteiger partial charge in [0.25, 0.3) is 5.91 Å². The Labute approximate surface area is 157 Å². The van der Waals surface area contributed by atoms with Gasteiger partial charge in [-0.1, -0.05) is 23.7 Å². The first-order valence-electron chi connectivity index (χ1n) is 8.16. The van der Waals surface area contributed by atoms with Gasteiger partial charge in [0.05, 0.1) is 14.2 Å². The molecule has 6 heteroatoms. The molecule has 1 amide bonds. The van der Waals surface area contributed by atoms with Crippen LogP contribution in [0.1, 0.15) is 17.5 Å². The third kappa shape index (κ3) is 4.24. The zero-order valence-electron chi connectivity index (χ0n) is 14.6. The number of aliphatic imine (C=N–C) groups is 1. The summed E-state index contributed by atoms with van der Waals surface area (Å²) in [5.41, 5.74) is 2.22. The molecule has 134 valence electrons. The first kappa shape index (κ1) is 18.0. The molecule has 1 N–H and O–H groups in total. The summed E-state index contributed by atoms with van der Waals surface area (Å²) in [5.74, 6) is 1.76. The van der Waals surface area contributed by atoms with Gasteiger partial charge in [0.2, 0.25) is 0 Å². The standard InChI is InChI=1S/C20H19ClN2O3/c1-25-16-8-9-18(26-2)14(11-16)12-17-20(24)23-19(22-17)10-5-13-3-6-15(21)7-4-13/h3-4,6-9,11-12H,5,10H2,1-2H3,(H,22,23,24)/b17-12-. The largest absolute Gasteiger partial charge is 0.497 e. The summed E-state index contributed by atoms with van der Waals surface area (Å²) in [6.07, 6.45) is 3.11. The molecule has 0 bridgehead atoms. The molecule has 1 aliphatic rings. The molecule has 0 saturated carbocycles. The Morgan fingerprint density at radius 2 is 1.85 bits per heavy atom. The van der Waals surface area contributed by atoms with Crippen LogP contribution in [0.15, 0.2) is 53.2 Å². The lowest BCUT2D eigenvalue weighted by Gasteiger charge is -2.07. The van der Waals surface area contributed by atoms with Gasteiger partial charge in [-0.05, 0) is 48.4 Å². The Bertz CT molecular complexity index is 873. The molecule has 2 aromatic rings. The first-order chi connectivity index (χ1) is 12.6. The monoisotopic (exact) mass is 370 g/mol. The quantitative estimate of drug-likeness (QED) is 0.785. The van der Waals surface area contributed by atoms with Crippen LogP contribution >= 0.6 is 11.6 Å². The number of ether oxygens (including phenoxy) is 2. The molecule has 0 unspecified atom stereocenters. The fourth-order valence-electron chi connectivity index (χ4n) is 2.65. The van der Waals surface area contributed by atoms with E-state index in [9.17, 15) is 4.79 Å². The maximum Gasteiger partial charge on any atom is 0.275 e. The number of hydrogen-bond donors (Lipinski definition) is 1. The molecule has 0 radical (unpaired) electrons. The lowest BCUT2D eigenvalue weighted by atomic mass is 10.1. The molecule has 0 saturated heterocycles. The van der Waals surface area contributed by atoms with Gasteiger partial charge in [-0.25, -0.2) is 4.99 Å². The number of carbonyl (C=O) groups excluding carboxylic acids is 1. The molecule has 3 rings (SSSR count). The average molecular weight is 371 g/mol. The van der Waals surface area contributed by atoms with Crippen molar-refractivity contribution in [3.63, 3.8) is 0 Å². The molecule has 5 nitrogen and oxygen atoms in total. The lowest BCUT2D eigenvalue weighted by Crippen LogP contribution is -2.24. The normalized spacial score (nSPS) is 15.0. The van der Waals surface area contributed by atoms with Gasteiger partial charge in [0, 0.05) is 17.0 Å². The molecule has 0 spiro atoms. The molecule has 26 heavy (non-hydrogen) atoms. The molecule has 0 aromatic heterocycles. The lowest BCUT2D eigenvalue weighted by molar-refractivity contribution is -0.115. The average Bonchev–Trinajstić information content (AvgIpc) is 3.00. The topological polar surface area (TPSA) is 59.9 Å². The van der Waals surface area contributed by atoms with Crippen LogP contribution < -0.4 is 14.8 Å². The van der Waals surface area contributed by atoms with Crippen molar-refractivity contribution in [3.8, 4) is 11.5 Å². The molecule has 1 heterocycles. The number of carbonyl (C=O) groups is 1. The summed E-state index contributed by atoms with van der Waals surface area (Å²) >= 11 is 5.89. The third-order valence-corrected chi connectivity index (χ3v) is 4.29. The van der Waals surface area contributed by atoms with Crippen LogP contribution in [0.25, 0.3) is 6.08 Å². The van der Waals surface area contributed by atoms with E-state index in [1.807, 2.05) is 24.3 Å². The highest BCUT2D eigenvalue weighted by atomic mass is 35.5. The van der Waals surface area contributed by atoms with E-state index in [0.29, 0.717) is 34.5 Å². The number of amides is 1. The van der Waals surface area contributed by atoms with E-state index in [2.05, 4.69) is 10.3 Å². The summed E-state index contributed by atoms with van der Waals surface area (Å²) in [6, 6.07) is 13.0. The zero-order chi connectivity index (χ0) is 18.5. The van der Waals surface area contributed by atoms with E-state index >= 15 is 0 Å². The van der Waals surface area contributed by atoms with Crippen molar-refractivity contribution in [1.82, 2.24) is 5.32 Å². The van der Waals surface area contributed by atoms with Crippen LogP contribution in [0.2, 0.25) is 5.02 Å². The van der Waals surface area contributed by atoms with Crippen molar-refractivity contribution < 1.29 is 14.3 Å². The van der Waals surface area contributed by atoms with Crippen molar-refractivity contribution in [2.24, 2.45) is 4.99 Å². The van der Waals surface area contributed by atoms with Gasteiger partial charge in [-0.15, -0.1) is 0 Å². The fraction of sp³-hybridized carbons (Fsp3) is 0.200. The molecular weight excluding hydrogens is 352 g/mol. The molecule has 2 aromatic carbocycles. The summed E-state index contributed by atoms with van der Waals surface area (Å²) in [5, 5.41) is 3.52. The fourth-order valence-corrected chi connectivity index (χ4v) is 2.77. The summed E-state index contributed by atoms with van der Waals surface area (Å²) in [7, 11) is 3.17. The highest BCUT2D eigenvalue weighted by Gasteiger charge is 2.20. The van der Waals surface area contributed by atoms with E-state index in [1.54, 1.807) is 38.5 Å². The van der Waals surface area contributed by atoms with Crippen molar-refractivity contribution in [2.45, 2.75) is 12.8 Å². The number of amidine groups is 1. The van der Waals surface area contributed by atoms with E-state index < -0.39 is 0 Å². The predicted octanol–water partition coefficient (Wildman–Crippen LogP) is 3.86. The van der Waals surface area contributed by atoms with Crippen LogP contribution in [-0.2, 0) is 11.2 Å². The minimum atomic E-state index is -0.221. The number of nitrogens with zero attached hydrogens (tertiary/aromatic N) is 1. The minimum Gasteiger partial charge on any atom is -0.497 e. The summed E-state index contributed by atoms with van der Waals surface area (Å²) < 4.78 is 10.6. The van der Waals surface area contributed by atoms with Gasteiger partial charge >= 0.3 is 0 Å². The second kappa shape index (κ2) is 8.06.